The van der Waals surface area contributed by atoms with Crippen LogP contribution in [0.25, 0.3) is 0 Å². The van der Waals surface area contributed by atoms with E-state index in [4.69, 9.17) is 0 Å². The predicted octanol–water partition coefficient (Wildman–Crippen LogP) is -2.85. The van der Waals surface area contributed by atoms with Gasteiger partial charge in [-0.25, -0.2) is 9.15 Å². The van der Waals surface area contributed by atoms with Crippen molar-refractivity contribution in [2.45, 2.75) is 25.7 Å². The van der Waals surface area contributed by atoms with Gasteiger partial charge in [0.1, 0.15) is 26.2 Å². The molecular formula is C22H26Br2N2. The van der Waals surface area contributed by atoms with Crippen LogP contribution in [-0.4, -0.2) is 47.8 Å². The van der Waals surface area contributed by atoms with Gasteiger partial charge in [0.2, 0.25) is 0 Å². The standard InChI is InChI=1S/C22H26N2.2BrH/c1-3-9-21-17-23(15-11-19(21)7-1)13-5-6-14-24-16-12-20-8-2-4-10-22(20)18-24;;/h1-4,7-10,17-18H,5-6,11-16H2;2*1H/q+2;;/p-2. The lowest BCUT2D eigenvalue weighted by Crippen LogP contribution is -3.00. The third-order valence-electron chi connectivity index (χ3n) is 5.23. The number of benzene rings is 2. The van der Waals surface area contributed by atoms with E-state index in [-0.39, 0.29) is 34.0 Å². The molecule has 0 unspecified atom stereocenters. The Labute approximate surface area is 177 Å². The summed E-state index contributed by atoms with van der Waals surface area (Å²) in [4.78, 5) is 0. The number of hydrogen-bond donors (Lipinski definition) is 0. The average Bonchev–Trinajstić information content (AvgIpc) is 2.65. The maximum atomic E-state index is 2.50. The van der Waals surface area contributed by atoms with Gasteiger partial charge in [-0.05, 0) is 23.3 Å². The van der Waals surface area contributed by atoms with Gasteiger partial charge >= 0.3 is 0 Å². The molecular weight excluding hydrogens is 452 g/mol. The number of nitrogens with zero attached hydrogens (tertiary/aromatic N) is 2. The van der Waals surface area contributed by atoms with E-state index >= 15 is 0 Å². The average molecular weight is 478 g/mol. The number of hydrogen-bond acceptors (Lipinski definition) is 0. The molecule has 2 heterocycles. The lowest BCUT2D eigenvalue weighted by molar-refractivity contribution is -0.535. The van der Waals surface area contributed by atoms with Gasteiger partial charge < -0.3 is 34.0 Å². The first-order valence-electron chi connectivity index (χ1n) is 9.22. The minimum atomic E-state index is 0. The predicted molar refractivity (Wildman–Crippen MR) is 99.8 cm³/mol. The van der Waals surface area contributed by atoms with Gasteiger partial charge in [-0.1, -0.05) is 36.4 Å². The van der Waals surface area contributed by atoms with E-state index in [0.717, 1.165) is 0 Å². The summed E-state index contributed by atoms with van der Waals surface area (Å²) in [6.45, 7) is 4.69. The molecule has 0 saturated carbocycles. The SMILES string of the molecule is C1=[N+](CCCC[N+]2=Cc3ccccc3CC2)CCc2ccccc21.[Br-].[Br-]. The van der Waals surface area contributed by atoms with Crippen molar-refractivity contribution in [2.75, 3.05) is 26.2 Å². The zero-order valence-corrected chi connectivity index (χ0v) is 18.3. The van der Waals surface area contributed by atoms with Gasteiger partial charge in [-0.2, -0.15) is 0 Å². The smallest absolute Gasteiger partial charge is 0.170 e. The van der Waals surface area contributed by atoms with E-state index in [9.17, 15) is 0 Å². The van der Waals surface area contributed by atoms with Crippen LogP contribution >= 0.6 is 0 Å². The Kier molecular flexibility index (Phi) is 8.23. The van der Waals surface area contributed by atoms with Crippen LogP contribution in [-0.2, 0) is 12.8 Å². The first-order chi connectivity index (χ1) is 11.9. The van der Waals surface area contributed by atoms with Crippen molar-refractivity contribution >= 4 is 12.4 Å². The quantitative estimate of drug-likeness (QED) is 0.323. The Bertz CT molecular complexity index is 729. The van der Waals surface area contributed by atoms with Crippen molar-refractivity contribution in [3.05, 3.63) is 70.8 Å². The van der Waals surface area contributed by atoms with Gasteiger partial charge in [-0.15, -0.1) is 0 Å². The molecule has 0 bridgehead atoms. The summed E-state index contributed by atoms with van der Waals surface area (Å²) in [5, 5.41) is 0. The number of fused-ring (bicyclic) bond motifs is 2. The monoisotopic (exact) mass is 476 g/mol. The molecule has 0 aliphatic carbocycles. The van der Waals surface area contributed by atoms with Crippen LogP contribution in [0.4, 0.5) is 0 Å². The molecule has 138 valence electrons. The third-order valence-corrected chi connectivity index (χ3v) is 5.23. The highest BCUT2D eigenvalue weighted by Crippen LogP contribution is 2.13. The van der Waals surface area contributed by atoms with Crippen LogP contribution < -0.4 is 34.0 Å². The van der Waals surface area contributed by atoms with Crippen LogP contribution in [0.3, 0.4) is 0 Å². The normalized spacial score (nSPS) is 14.8. The topological polar surface area (TPSA) is 6.02 Å². The van der Waals surface area contributed by atoms with Crippen LogP contribution in [0.5, 0.6) is 0 Å². The lowest BCUT2D eigenvalue weighted by atomic mass is 10.0. The molecule has 2 aromatic carbocycles. The fraction of sp³-hybridized carbons (Fsp3) is 0.364. The largest absolute Gasteiger partial charge is 1.00 e. The van der Waals surface area contributed by atoms with Crippen molar-refractivity contribution in [1.29, 1.82) is 0 Å². The van der Waals surface area contributed by atoms with Crippen LogP contribution in [0.2, 0.25) is 0 Å². The second-order valence-corrected chi connectivity index (χ2v) is 6.93. The minimum absolute atomic E-state index is 0. The first kappa shape index (κ1) is 21.0. The molecule has 2 nitrogen and oxygen atoms in total. The third kappa shape index (κ3) is 5.14. The van der Waals surface area contributed by atoms with E-state index in [2.05, 4.69) is 70.1 Å². The highest BCUT2D eigenvalue weighted by molar-refractivity contribution is 5.79. The maximum Gasteiger partial charge on any atom is 0.170 e. The Morgan fingerprint density at radius 1 is 0.615 bits per heavy atom. The Hall–Kier alpha value is -1.26. The van der Waals surface area contributed by atoms with Gasteiger partial charge in [-0.3, -0.25) is 0 Å². The fourth-order valence-electron chi connectivity index (χ4n) is 3.81. The van der Waals surface area contributed by atoms with Gasteiger partial charge in [0.05, 0.1) is 0 Å². The Morgan fingerprint density at radius 2 is 1.04 bits per heavy atom. The first-order valence-corrected chi connectivity index (χ1v) is 9.22. The van der Waals surface area contributed by atoms with E-state index in [1.54, 1.807) is 0 Å². The van der Waals surface area contributed by atoms with Crippen LogP contribution in [0, 0.1) is 0 Å². The zero-order chi connectivity index (χ0) is 16.2. The summed E-state index contributed by atoms with van der Waals surface area (Å²) in [6.07, 6.45) is 9.60. The molecule has 2 aliphatic heterocycles. The van der Waals surface area contributed by atoms with E-state index in [1.165, 1.54) is 74.1 Å². The van der Waals surface area contributed by atoms with E-state index < -0.39 is 0 Å². The number of halogens is 2. The minimum Gasteiger partial charge on any atom is -1.00 e. The highest BCUT2D eigenvalue weighted by atomic mass is 79.9. The maximum absolute atomic E-state index is 2.50. The summed E-state index contributed by atoms with van der Waals surface area (Å²) in [6, 6.07) is 17.6. The molecule has 4 rings (SSSR count). The Morgan fingerprint density at radius 3 is 1.50 bits per heavy atom. The van der Waals surface area contributed by atoms with Crippen molar-refractivity contribution in [3.63, 3.8) is 0 Å². The van der Waals surface area contributed by atoms with E-state index in [0.29, 0.717) is 0 Å². The molecule has 2 aromatic rings. The summed E-state index contributed by atoms with van der Waals surface area (Å²) in [7, 11) is 0. The van der Waals surface area contributed by atoms with Crippen LogP contribution in [0.15, 0.2) is 48.5 Å². The van der Waals surface area contributed by atoms with E-state index in [1.807, 2.05) is 0 Å². The molecule has 0 saturated heterocycles. The summed E-state index contributed by atoms with van der Waals surface area (Å²) in [5.74, 6) is 0. The molecule has 2 aliphatic rings. The highest BCUT2D eigenvalue weighted by Gasteiger charge is 2.17. The molecule has 0 spiro atoms. The summed E-state index contributed by atoms with van der Waals surface area (Å²) >= 11 is 0. The molecule has 0 radical (unpaired) electrons. The molecule has 0 atom stereocenters. The van der Waals surface area contributed by atoms with Crippen molar-refractivity contribution in [2.24, 2.45) is 0 Å². The molecule has 0 N–H and O–H groups in total. The molecule has 0 amide bonds. The van der Waals surface area contributed by atoms with Gasteiger partial charge in [0.25, 0.3) is 0 Å². The summed E-state index contributed by atoms with van der Waals surface area (Å²) in [5.41, 5.74) is 5.81. The number of rotatable bonds is 5. The van der Waals surface area contributed by atoms with Gasteiger partial charge in [0.15, 0.2) is 12.4 Å². The Balaban J connectivity index is 0.00000121. The second-order valence-electron chi connectivity index (χ2n) is 6.93. The van der Waals surface area contributed by atoms with Crippen molar-refractivity contribution < 1.29 is 43.1 Å². The van der Waals surface area contributed by atoms with Crippen LogP contribution in [0.1, 0.15) is 35.1 Å². The zero-order valence-electron chi connectivity index (χ0n) is 15.1. The molecule has 0 aromatic heterocycles. The second kappa shape index (κ2) is 10.2. The van der Waals surface area contributed by atoms with Crippen molar-refractivity contribution in [1.82, 2.24) is 0 Å². The summed E-state index contributed by atoms with van der Waals surface area (Å²) < 4.78 is 5.00. The number of unbranched alkanes of at least 4 members (excludes halogenated alkanes) is 1. The van der Waals surface area contributed by atoms with Crippen molar-refractivity contribution in [3.8, 4) is 0 Å². The molecule has 26 heavy (non-hydrogen) atoms. The lowest BCUT2D eigenvalue weighted by Gasteiger charge is -2.13. The fourth-order valence-corrected chi connectivity index (χ4v) is 3.81. The molecule has 0 fully saturated rings. The van der Waals surface area contributed by atoms with Gasteiger partial charge in [0, 0.05) is 36.8 Å². The molecule has 4 heteroatoms.